The average Bonchev–Trinajstić information content (AvgIpc) is 2.09. The van der Waals surface area contributed by atoms with Crippen LogP contribution in [0, 0.1) is 0 Å². The number of aliphatic hydroxyl groups is 1. The molecular weight excluding hydrogens is 298 g/mol. The fourth-order valence-corrected chi connectivity index (χ4v) is 2.08. The van der Waals surface area contributed by atoms with Crippen LogP contribution in [0.2, 0.25) is 0 Å². The van der Waals surface area contributed by atoms with Gasteiger partial charge in [0, 0.05) is 20.7 Å². The molecule has 0 aliphatic rings. The molecule has 1 aromatic carbocycles. The predicted molar refractivity (Wildman–Crippen MR) is 62.0 cm³/mol. The highest BCUT2D eigenvalue weighted by Gasteiger charge is 2.03. The molecule has 13 heavy (non-hydrogen) atoms. The van der Waals surface area contributed by atoms with Crippen molar-refractivity contribution < 1.29 is 5.11 Å². The number of hydrogen-bond acceptors (Lipinski definition) is 2. The summed E-state index contributed by atoms with van der Waals surface area (Å²) in [6.07, 6.45) is 0. The summed E-state index contributed by atoms with van der Waals surface area (Å²) in [5, 5.41) is 12.0. The van der Waals surface area contributed by atoms with E-state index in [0.717, 1.165) is 14.6 Å². The van der Waals surface area contributed by atoms with Gasteiger partial charge in [-0.3, -0.25) is 0 Å². The molecule has 0 heterocycles. The molecule has 0 radical (unpaired) electrons. The molecule has 0 fully saturated rings. The third-order valence-electron chi connectivity index (χ3n) is 1.61. The molecule has 72 valence electrons. The number of rotatable bonds is 3. The van der Waals surface area contributed by atoms with Crippen molar-refractivity contribution in [3.8, 4) is 0 Å². The lowest BCUT2D eigenvalue weighted by Crippen LogP contribution is -2.19. The Bertz CT molecular complexity index is 291. The predicted octanol–water partition coefficient (Wildman–Crippen LogP) is 3.00. The summed E-state index contributed by atoms with van der Waals surface area (Å²) in [6, 6.07) is 5.95. The maximum absolute atomic E-state index is 8.85. The molecule has 2 nitrogen and oxygen atoms in total. The third kappa shape index (κ3) is 3.29. The van der Waals surface area contributed by atoms with Gasteiger partial charge in [-0.25, -0.2) is 0 Å². The van der Waals surface area contributed by atoms with Gasteiger partial charge in [-0.15, -0.1) is 0 Å². The highest BCUT2D eigenvalue weighted by atomic mass is 79.9. The zero-order valence-electron chi connectivity index (χ0n) is 7.22. The van der Waals surface area contributed by atoms with E-state index in [2.05, 4.69) is 37.2 Å². The minimum atomic E-state index is 0.0671. The molecule has 0 aliphatic heterocycles. The van der Waals surface area contributed by atoms with Gasteiger partial charge in [0.1, 0.15) is 0 Å². The molecule has 0 saturated heterocycles. The van der Waals surface area contributed by atoms with Gasteiger partial charge in [0.15, 0.2) is 0 Å². The molecule has 1 rings (SSSR count). The lowest BCUT2D eigenvalue weighted by atomic mass is 10.3. The van der Waals surface area contributed by atoms with Crippen LogP contribution >= 0.6 is 31.9 Å². The van der Waals surface area contributed by atoms with Crippen molar-refractivity contribution in [3.05, 3.63) is 27.1 Å². The van der Waals surface area contributed by atoms with Crippen LogP contribution in [0.25, 0.3) is 0 Å². The Morgan fingerprint density at radius 3 is 2.69 bits per heavy atom. The first-order chi connectivity index (χ1) is 6.13. The van der Waals surface area contributed by atoms with E-state index in [9.17, 15) is 0 Å². The second-order valence-corrected chi connectivity index (χ2v) is 4.62. The van der Waals surface area contributed by atoms with Gasteiger partial charge < -0.3 is 10.4 Å². The van der Waals surface area contributed by atoms with E-state index < -0.39 is 0 Å². The van der Waals surface area contributed by atoms with E-state index in [1.165, 1.54) is 0 Å². The molecule has 1 atom stereocenters. The molecule has 0 bridgehead atoms. The van der Waals surface area contributed by atoms with Gasteiger partial charge >= 0.3 is 0 Å². The lowest BCUT2D eigenvalue weighted by molar-refractivity contribution is 0.281. The largest absolute Gasteiger partial charge is 0.394 e. The summed E-state index contributed by atoms with van der Waals surface area (Å²) < 4.78 is 2.02. The van der Waals surface area contributed by atoms with Crippen LogP contribution in [0.1, 0.15) is 6.92 Å². The van der Waals surface area contributed by atoms with E-state index in [0.29, 0.717) is 0 Å². The lowest BCUT2D eigenvalue weighted by Gasteiger charge is -2.13. The number of aliphatic hydroxyl groups excluding tert-OH is 1. The minimum absolute atomic E-state index is 0.0671. The fraction of sp³-hybridized carbons (Fsp3) is 0.333. The van der Waals surface area contributed by atoms with E-state index in [4.69, 9.17) is 5.11 Å². The maximum Gasteiger partial charge on any atom is 0.0630 e. The van der Waals surface area contributed by atoms with Crippen LogP contribution in [0.4, 0.5) is 5.69 Å². The van der Waals surface area contributed by atoms with E-state index in [1.807, 2.05) is 25.1 Å². The van der Waals surface area contributed by atoms with E-state index >= 15 is 0 Å². The van der Waals surface area contributed by atoms with Gasteiger partial charge in [-0.05, 0) is 41.1 Å². The molecule has 1 unspecified atom stereocenters. The summed E-state index contributed by atoms with van der Waals surface area (Å²) >= 11 is 6.80. The summed E-state index contributed by atoms with van der Waals surface area (Å²) in [7, 11) is 0. The van der Waals surface area contributed by atoms with Crippen molar-refractivity contribution in [2.75, 3.05) is 11.9 Å². The summed E-state index contributed by atoms with van der Waals surface area (Å²) in [4.78, 5) is 0. The Hall–Kier alpha value is -0.0600. The van der Waals surface area contributed by atoms with Gasteiger partial charge in [0.2, 0.25) is 0 Å². The average molecular weight is 309 g/mol. The Balaban J connectivity index is 2.77. The molecular formula is C9H11Br2NO. The second-order valence-electron chi connectivity index (χ2n) is 2.85. The standard InChI is InChI=1S/C9H11Br2NO/c1-6(5-13)12-9-3-2-7(10)4-8(9)11/h2-4,6,12-13H,5H2,1H3. The van der Waals surface area contributed by atoms with E-state index in [-0.39, 0.29) is 12.6 Å². The topological polar surface area (TPSA) is 32.3 Å². The Kier molecular flexibility index (Phi) is 4.22. The molecule has 1 aromatic rings. The monoisotopic (exact) mass is 307 g/mol. The fourth-order valence-electron chi connectivity index (χ4n) is 0.918. The highest BCUT2D eigenvalue weighted by molar-refractivity contribution is 9.11. The van der Waals surface area contributed by atoms with Crippen molar-refractivity contribution in [2.45, 2.75) is 13.0 Å². The zero-order chi connectivity index (χ0) is 9.84. The number of hydrogen-bond donors (Lipinski definition) is 2. The molecule has 0 saturated carbocycles. The first-order valence-electron chi connectivity index (χ1n) is 3.96. The smallest absolute Gasteiger partial charge is 0.0630 e. The van der Waals surface area contributed by atoms with Crippen LogP contribution in [-0.4, -0.2) is 17.8 Å². The van der Waals surface area contributed by atoms with Crippen LogP contribution in [0.3, 0.4) is 0 Å². The zero-order valence-corrected chi connectivity index (χ0v) is 10.4. The maximum atomic E-state index is 8.85. The molecule has 0 amide bonds. The number of benzene rings is 1. The number of nitrogens with one attached hydrogen (secondary N) is 1. The summed E-state index contributed by atoms with van der Waals surface area (Å²) in [5.74, 6) is 0. The number of anilines is 1. The Morgan fingerprint density at radius 2 is 2.15 bits per heavy atom. The normalized spacial score (nSPS) is 12.6. The first kappa shape index (κ1) is 11.0. The SMILES string of the molecule is CC(CO)Nc1ccc(Br)cc1Br. The Morgan fingerprint density at radius 1 is 1.46 bits per heavy atom. The Labute approximate surface area is 94.6 Å². The van der Waals surface area contributed by atoms with Crippen molar-refractivity contribution in [3.63, 3.8) is 0 Å². The molecule has 0 spiro atoms. The summed E-state index contributed by atoms with van der Waals surface area (Å²) in [5.41, 5.74) is 0.991. The van der Waals surface area contributed by atoms with Crippen molar-refractivity contribution in [2.24, 2.45) is 0 Å². The van der Waals surface area contributed by atoms with Crippen LogP contribution in [0.15, 0.2) is 27.1 Å². The van der Waals surface area contributed by atoms with Crippen LogP contribution < -0.4 is 5.32 Å². The molecule has 2 N–H and O–H groups in total. The van der Waals surface area contributed by atoms with Gasteiger partial charge in [0.25, 0.3) is 0 Å². The van der Waals surface area contributed by atoms with Gasteiger partial charge in [-0.1, -0.05) is 15.9 Å². The van der Waals surface area contributed by atoms with Crippen molar-refractivity contribution in [1.82, 2.24) is 0 Å². The van der Waals surface area contributed by atoms with Crippen LogP contribution in [0.5, 0.6) is 0 Å². The quantitative estimate of drug-likeness (QED) is 0.899. The number of halogens is 2. The first-order valence-corrected chi connectivity index (χ1v) is 5.54. The van der Waals surface area contributed by atoms with Crippen LogP contribution in [-0.2, 0) is 0 Å². The molecule has 4 heteroatoms. The third-order valence-corrected chi connectivity index (χ3v) is 2.76. The van der Waals surface area contributed by atoms with Crippen molar-refractivity contribution in [1.29, 1.82) is 0 Å². The van der Waals surface area contributed by atoms with Gasteiger partial charge in [0.05, 0.1) is 6.61 Å². The molecule has 0 aromatic heterocycles. The second kappa shape index (κ2) is 4.98. The van der Waals surface area contributed by atoms with Crippen molar-refractivity contribution >= 4 is 37.5 Å². The van der Waals surface area contributed by atoms with E-state index in [1.54, 1.807) is 0 Å². The summed E-state index contributed by atoms with van der Waals surface area (Å²) in [6.45, 7) is 2.05. The highest BCUT2D eigenvalue weighted by Crippen LogP contribution is 2.26. The van der Waals surface area contributed by atoms with Gasteiger partial charge in [-0.2, -0.15) is 0 Å². The minimum Gasteiger partial charge on any atom is -0.394 e. The molecule has 0 aliphatic carbocycles.